The molecule has 6 heteroatoms. The van der Waals surface area contributed by atoms with Crippen molar-refractivity contribution >= 4 is 23.3 Å². The first-order valence-electron chi connectivity index (χ1n) is 8.46. The standard InChI is InChI=1S/C20H22N4O2/c1-12(21)24-17-6-4-13(8-14(17)5-7-18(24)22)15-9-16(11-23-10-15)20(2,3)19(25)26/h4,6,8-11,21-22H,5,7H2,1-3H3,(H,25,26). The summed E-state index contributed by atoms with van der Waals surface area (Å²) in [5.74, 6) is -0.127. The van der Waals surface area contributed by atoms with Gasteiger partial charge in [0.1, 0.15) is 11.7 Å². The van der Waals surface area contributed by atoms with E-state index in [0.717, 1.165) is 28.8 Å². The van der Waals surface area contributed by atoms with Crippen LogP contribution < -0.4 is 4.90 Å². The summed E-state index contributed by atoms with van der Waals surface area (Å²) in [5.41, 5.74) is 3.40. The lowest BCUT2D eigenvalue weighted by molar-refractivity contribution is -0.142. The van der Waals surface area contributed by atoms with Crippen molar-refractivity contribution in [2.45, 2.75) is 39.0 Å². The third kappa shape index (κ3) is 2.98. The summed E-state index contributed by atoms with van der Waals surface area (Å²) < 4.78 is 0. The molecule has 6 nitrogen and oxygen atoms in total. The maximum Gasteiger partial charge on any atom is 0.313 e. The van der Waals surface area contributed by atoms with Crippen LogP contribution in [-0.4, -0.2) is 27.7 Å². The maximum absolute atomic E-state index is 11.5. The monoisotopic (exact) mass is 350 g/mol. The van der Waals surface area contributed by atoms with Crippen LogP contribution in [0.4, 0.5) is 5.69 Å². The molecule has 0 aliphatic carbocycles. The molecule has 0 fully saturated rings. The van der Waals surface area contributed by atoms with E-state index in [4.69, 9.17) is 10.8 Å². The number of nitrogens with one attached hydrogen (secondary N) is 2. The second-order valence-corrected chi connectivity index (χ2v) is 7.10. The summed E-state index contributed by atoms with van der Waals surface area (Å²) in [6.45, 7) is 5.01. The molecule has 0 spiro atoms. The highest BCUT2D eigenvalue weighted by Crippen LogP contribution is 2.33. The van der Waals surface area contributed by atoms with Crippen LogP contribution in [0.1, 0.15) is 38.3 Å². The molecule has 3 rings (SSSR count). The van der Waals surface area contributed by atoms with Gasteiger partial charge in [-0.1, -0.05) is 6.07 Å². The van der Waals surface area contributed by atoms with Crippen molar-refractivity contribution in [3.05, 3.63) is 47.8 Å². The van der Waals surface area contributed by atoms with E-state index < -0.39 is 11.4 Å². The van der Waals surface area contributed by atoms with Crippen LogP contribution in [0.3, 0.4) is 0 Å². The number of anilines is 1. The Kier molecular flexibility index (Phi) is 4.36. The lowest BCUT2D eigenvalue weighted by Gasteiger charge is -2.31. The van der Waals surface area contributed by atoms with Crippen LogP contribution in [0.25, 0.3) is 11.1 Å². The van der Waals surface area contributed by atoms with Gasteiger partial charge in [-0.25, -0.2) is 0 Å². The summed E-state index contributed by atoms with van der Waals surface area (Å²) in [7, 11) is 0. The zero-order valence-corrected chi connectivity index (χ0v) is 15.1. The van der Waals surface area contributed by atoms with Gasteiger partial charge in [0.05, 0.1) is 11.1 Å². The molecular formula is C20H22N4O2. The normalized spacial score (nSPS) is 14.1. The third-order valence-electron chi connectivity index (χ3n) is 4.88. The first-order chi connectivity index (χ1) is 12.2. The molecule has 2 aromatic rings. The van der Waals surface area contributed by atoms with E-state index in [1.165, 1.54) is 0 Å². The Morgan fingerprint density at radius 1 is 1.19 bits per heavy atom. The van der Waals surface area contributed by atoms with Crippen molar-refractivity contribution in [2.24, 2.45) is 0 Å². The highest BCUT2D eigenvalue weighted by atomic mass is 16.4. The molecular weight excluding hydrogens is 328 g/mol. The Balaban J connectivity index is 2.04. The maximum atomic E-state index is 11.5. The van der Waals surface area contributed by atoms with Gasteiger partial charge in [-0.2, -0.15) is 0 Å². The minimum absolute atomic E-state index is 0.329. The van der Waals surface area contributed by atoms with Crippen LogP contribution in [-0.2, 0) is 16.6 Å². The third-order valence-corrected chi connectivity index (χ3v) is 4.88. The number of benzene rings is 1. The van der Waals surface area contributed by atoms with Crippen LogP contribution >= 0.6 is 0 Å². The second kappa shape index (κ2) is 6.37. The van der Waals surface area contributed by atoms with E-state index in [0.29, 0.717) is 23.7 Å². The van der Waals surface area contributed by atoms with Gasteiger partial charge in [0.2, 0.25) is 0 Å². The molecule has 0 atom stereocenters. The molecule has 0 unspecified atom stereocenters. The number of aryl methyl sites for hydroxylation is 1. The summed E-state index contributed by atoms with van der Waals surface area (Å²) in [4.78, 5) is 17.4. The first-order valence-corrected chi connectivity index (χ1v) is 8.46. The lowest BCUT2D eigenvalue weighted by Crippen LogP contribution is -2.37. The number of fused-ring (bicyclic) bond motifs is 1. The molecule has 134 valence electrons. The van der Waals surface area contributed by atoms with Crippen molar-refractivity contribution in [3.63, 3.8) is 0 Å². The summed E-state index contributed by atoms with van der Waals surface area (Å²) in [6.07, 6.45) is 4.67. The zero-order valence-electron chi connectivity index (χ0n) is 15.1. The van der Waals surface area contributed by atoms with E-state index in [-0.39, 0.29) is 0 Å². The number of pyridine rings is 1. The highest BCUT2D eigenvalue weighted by Gasteiger charge is 2.30. The van der Waals surface area contributed by atoms with Gasteiger partial charge in [0, 0.05) is 24.4 Å². The Hall–Kier alpha value is -3.02. The smallest absolute Gasteiger partial charge is 0.313 e. The minimum atomic E-state index is -1.01. The van der Waals surface area contributed by atoms with Gasteiger partial charge in [0.15, 0.2) is 0 Å². The number of hydrogen-bond donors (Lipinski definition) is 3. The lowest BCUT2D eigenvalue weighted by atomic mass is 9.84. The number of aliphatic carboxylic acids is 1. The number of carbonyl (C=O) groups is 1. The Morgan fingerprint density at radius 3 is 2.58 bits per heavy atom. The van der Waals surface area contributed by atoms with Crippen LogP contribution in [0, 0.1) is 10.8 Å². The molecule has 0 bridgehead atoms. The number of hydrogen-bond acceptors (Lipinski definition) is 4. The van der Waals surface area contributed by atoms with Gasteiger partial charge in [0.25, 0.3) is 0 Å². The van der Waals surface area contributed by atoms with Crippen molar-refractivity contribution in [2.75, 3.05) is 4.90 Å². The zero-order chi connectivity index (χ0) is 19.1. The number of nitrogens with zero attached hydrogens (tertiary/aromatic N) is 2. The molecule has 2 heterocycles. The second-order valence-electron chi connectivity index (χ2n) is 7.10. The van der Waals surface area contributed by atoms with Gasteiger partial charge >= 0.3 is 5.97 Å². The number of carboxylic acids is 1. The number of rotatable bonds is 3. The van der Waals surface area contributed by atoms with Crippen molar-refractivity contribution < 1.29 is 9.90 Å². The van der Waals surface area contributed by atoms with E-state index in [1.807, 2.05) is 24.3 Å². The van der Waals surface area contributed by atoms with Crippen molar-refractivity contribution in [3.8, 4) is 11.1 Å². The molecule has 1 aliphatic heterocycles. The Labute approximate surface area is 152 Å². The first kappa shape index (κ1) is 17.8. The molecule has 0 radical (unpaired) electrons. The summed E-state index contributed by atoms with van der Waals surface area (Å²) in [5, 5.41) is 25.5. The van der Waals surface area contributed by atoms with E-state index >= 15 is 0 Å². The number of carboxylic acid groups (broad SMARTS) is 1. The average molecular weight is 350 g/mol. The number of aromatic nitrogens is 1. The predicted octanol–water partition coefficient (Wildman–Crippen LogP) is 3.84. The topological polar surface area (TPSA) is 101 Å². The molecule has 0 saturated heterocycles. The summed E-state index contributed by atoms with van der Waals surface area (Å²) >= 11 is 0. The quantitative estimate of drug-likeness (QED) is 0.578. The van der Waals surface area contributed by atoms with Gasteiger partial charge in [-0.3, -0.25) is 25.5 Å². The van der Waals surface area contributed by atoms with Gasteiger partial charge < -0.3 is 5.11 Å². The number of amidine groups is 2. The van der Waals surface area contributed by atoms with Crippen LogP contribution in [0.15, 0.2) is 36.7 Å². The molecule has 1 aromatic carbocycles. The molecule has 1 aliphatic rings. The Bertz CT molecular complexity index is 918. The molecule has 0 amide bonds. The van der Waals surface area contributed by atoms with E-state index in [9.17, 15) is 9.90 Å². The minimum Gasteiger partial charge on any atom is -0.481 e. The van der Waals surface area contributed by atoms with Crippen molar-refractivity contribution in [1.82, 2.24) is 4.98 Å². The fraction of sp³-hybridized carbons (Fsp3) is 0.300. The van der Waals surface area contributed by atoms with Gasteiger partial charge in [-0.05, 0) is 62.1 Å². The Morgan fingerprint density at radius 2 is 1.92 bits per heavy atom. The molecule has 0 saturated carbocycles. The highest BCUT2D eigenvalue weighted by molar-refractivity contribution is 6.17. The summed E-state index contributed by atoms with van der Waals surface area (Å²) in [6, 6.07) is 7.77. The fourth-order valence-electron chi connectivity index (χ4n) is 3.14. The molecule has 1 aromatic heterocycles. The largest absolute Gasteiger partial charge is 0.481 e. The van der Waals surface area contributed by atoms with Crippen molar-refractivity contribution in [1.29, 1.82) is 10.8 Å². The SMILES string of the molecule is CC(=N)N1C(=N)CCc2cc(-c3cncc(C(C)(C)C(=O)O)c3)ccc21. The fourth-order valence-corrected chi connectivity index (χ4v) is 3.14. The average Bonchev–Trinajstić information content (AvgIpc) is 2.60. The molecule has 3 N–H and O–H groups in total. The van der Waals surface area contributed by atoms with E-state index in [1.54, 1.807) is 38.1 Å². The predicted molar refractivity (Wildman–Crippen MR) is 102 cm³/mol. The van der Waals surface area contributed by atoms with Crippen LogP contribution in [0.5, 0.6) is 0 Å². The van der Waals surface area contributed by atoms with E-state index in [2.05, 4.69) is 4.98 Å². The van der Waals surface area contributed by atoms with Gasteiger partial charge in [-0.15, -0.1) is 0 Å². The molecule has 26 heavy (non-hydrogen) atoms. The van der Waals surface area contributed by atoms with Crippen LogP contribution in [0.2, 0.25) is 0 Å².